The summed E-state index contributed by atoms with van der Waals surface area (Å²) in [6.07, 6.45) is 2.73. The van der Waals surface area contributed by atoms with Gasteiger partial charge in [-0.25, -0.2) is 4.79 Å². The maximum atomic E-state index is 11.5. The first-order valence-corrected chi connectivity index (χ1v) is 5.32. The van der Waals surface area contributed by atoms with Crippen LogP contribution in [0.2, 0.25) is 0 Å². The van der Waals surface area contributed by atoms with Gasteiger partial charge in [-0.2, -0.15) is 0 Å². The average molecular weight is 228 g/mol. The molecule has 90 valence electrons. The molecule has 1 heterocycles. The topological polar surface area (TPSA) is 72.7 Å². The Hall–Kier alpha value is -1.59. The Bertz CT molecular complexity index is 314. The van der Waals surface area contributed by atoms with Crippen LogP contribution in [0.5, 0.6) is 0 Å². The number of nitrogens with zero attached hydrogens (tertiary/aromatic N) is 2. The Labute approximate surface area is 94.0 Å². The van der Waals surface area contributed by atoms with E-state index < -0.39 is 11.0 Å². The lowest BCUT2D eigenvalue weighted by molar-refractivity contribution is -0.424. The molecule has 1 aliphatic rings. The zero-order valence-electron chi connectivity index (χ0n) is 9.51. The van der Waals surface area contributed by atoms with E-state index in [9.17, 15) is 14.9 Å². The molecule has 6 heteroatoms. The maximum absolute atomic E-state index is 11.5. The van der Waals surface area contributed by atoms with Crippen molar-refractivity contribution in [3.8, 4) is 0 Å². The monoisotopic (exact) mass is 228 g/mol. The Kier molecular flexibility index (Phi) is 4.28. The highest BCUT2D eigenvalue weighted by Gasteiger charge is 2.29. The minimum atomic E-state index is -0.443. The predicted molar refractivity (Wildman–Crippen MR) is 57.5 cm³/mol. The molecule has 0 aromatic rings. The molecule has 1 aliphatic heterocycles. The quantitative estimate of drug-likeness (QED) is 0.545. The van der Waals surface area contributed by atoms with Gasteiger partial charge in [0.2, 0.25) is 5.70 Å². The standard InChI is InChI=1S/C10H16N2O4/c1-3-16-10(13)11-6-4-5-9(11)7-8(2)12(14)15/h7,9H,3-6H2,1-2H3/b8-7-/t9-/m0/s1. The molecular weight excluding hydrogens is 212 g/mol. The molecule has 0 aromatic heterocycles. The lowest BCUT2D eigenvalue weighted by Crippen LogP contribution is -2.35. The fourth-order valence-corrected chi connectivity index (χ4v) is 1.74. The van der Waals surface area contributed by atoms with Gasteiger partial charge in [-0.1, -0.05) is 0 Å². The van der Waals surface area contributed by atoms with Crippen LogP contribution in [0, 0.1) is 10.1 Å². The van der Waals surface area contributed by atoms with Crippen LogP contribution in [0.3, 0.4) is 0 Å². The summed E-state index contributed by atoms with van der Waals surface area (Å²) in [5.74, 6) is 0. The number of rotatable bonds is 3. The summed E-state index contributed by atoms with van der Waals surface area (Å²) in [5.41, 5.74) is 0.0706. The van der Waals surface area contributed by atoms with Crippen LogP contribution in [0.4, 0.5) is 4.79 Å². The van der Waals surface area contributed by atoms with Crippen LogP contribution in [-0.4, -0.2) is 35.1 Å². The van der Waals surface area contributed by atoms with E-state index in [-0.39, 0.29) is 11.7 Å². The van der Waals surface area contributed by atoms with Crippen molar-refractivity contribution in [3.63, 3.8) is 0 Å². The maximum Gasteiger partial charge on any atom is 0.410 e. The Morgan fingerprint density at radius 3 is 2.94 bits per heavy atom. The summed E-state index contributed by atoms with van der Waals surface area (Å²) in [6, 6.07) is -0.204. The van der Waals surface area contributed by atoms with Gasteiger partial charge in [-0.3, -0.25) is 10.1 Å². The molecule has 0 radical (unpaired) electrons. The molecule has 0 saturated carbocycles. The van der Waals surface area contributed by atoms with Gasteiger partial charge in [0.05, 0.1) is 17.6 Å². The first-order chi connectivity index (χ1) is 7.56. The van der Waals surface area contributed by atoms with Crippen molar-refractivity contribution < 1.29 is 14.5 Å². The summed E-state index contributed by atoms with van der Waals surface area (Å²) in [4.78, 5) is 23.1. The van der Waals surface area contributed by atoms with Gasteiger partial charge in [0, 0.05) is 19.5 Å². The number of hydrogen-bond donors (Lipinski definition) is 0. The number of carbonyl (C=O) groups is 1. The summed E-state index contributed by atoms with van der Waals surface area (Å²) >= 11 is 0. The smallest absolute Gasteiger partial charge is 0.410 e. The number of hydrogen-bond acceptors (Lipinski definition) is 4. The zero-order valence-corrected chi connectivity index (χ0v) is 9.51. The third-order valence-corrected chi connectivity index (χ3v) is 2.52. The fourth-order valence-electron chi connectivity index (χ4n) is 1.74. The molecule has 1 atom stereocenters. The van der Waals surface area contributed by atoms with E-state index in [1.807, 2.05) is 0 Å². The highest BCUT2D eigenvalue weighted by molar-refractivity contribution is 5.68. The Morgan fingerprint density at radius 2 is 2.38 bits per heavy atom. The molecule has 1 amide bonds. The van der Waals surface area contributed by atoms with Crippen LogP contribution in [-0.2, 0) is 4.74 Å². The molecule has 0 spiro atoms. The normalized spacial score (nSPS) is 21.0. The van der Waals surface area contributed by atoms with Gasteiger partial charge in [-0.05, 0) is 19.8 Å². The molecule has 0 bridgehead atoms. The predicted octanol–water partition coefficient (Wildman–Crippen LogP) is 1.79. The second-order valence-electron chi connectivity index (χ2n) is 3.67. The highest BCUT2D eigenvalue weighted by Crippen LogP contribution is 2.20. The Balaban J connectivity index is 2.69. The van der Waals surface area contributed by atoms with Crippen LogP contribution < -0.4 is 0 Å². The first-order valence-electron chi connectivity index (χ1n) is 5.32. The number of amides is 1. The highest BCUT2D eigenvalue weighted by atomic mass is 16.6. The van der Waals surface area contributed by atoms with Gasteiger partial charge in [0.1, 0.15) is 0 Å². The molecule has 16 heavy (non-hydrogen) atoms. The molecule has 0 N–H and O–H groups in total. The second-order valence-corrected chi connectivity index (χ2v) is 3.67. The van der Waals surface area contributed by atoms with E-state index in [2.05, 4.69) is 0 Å². The van der Waals surface area contributed by atoms with Crippen molar-refractivity contribution >= 4 is 6.09 Å². The second kappa shape index (κ2) is 5.48. The van der Waals surface area contributed by atoms with Crippen molar-refractivity contribution in [1.29, 1.82) is 0 Å². The number of carbonyl (C=O) groups excluding carboxylic acids is 1. The van der Waals surface area contributed by atoms with Crippen LogP contribution in [0.25, 0.3) is 0 Å². The SMILES string of the molecule is CCOC(=O)N1CCC[C@H]1/C=C(/C)[N+](=O)[O-]. The lowest BCUT2D eigenvalue weighted by Gasteiger charge is -2.20. The summed E-state index contributed by atoms with van der Waals surface area (Å²) in [5, 5.41) is 10.5. The number of nitro groups is 1. The van der Waals surface area contributed by atoms with Crippen LogP contribution in [0.1, 0.15) is 26.7 Å². The molecule has 0 aromatic carbocycles. The van der Waals surface area contributed by atoms with Crippen molar-refractivity contribution in [2.45, 2.75) is 32.7 Å². The van der Waals surface area contributed by atoms with E-state index in [4.69, 9.17) is 4.74 Å². The lowest BCUT2D eigenvalue weighted by atomic mass is 10.2. The minimum absolute atomic E-state index is 0.0706. The number of ether oxygens (including phenoxy) is 1. The fraction of sp³-hybridized carbons (Fsp3) is 0.700. The van der Waals surface area contributed by atoms with Gasteiger partial charge >= 0.3 is 6.09 Å². The third-order valence-electron chi connectivity index (χ3n) is 2.52. The van der Waals surface area contributed by atoms with E-state index in [0.717, 1.165) is 12.8 Å². The van der Waals surface area contributed by atoms with Gasteiger partial charge in [0.25, 0.3) is 0 Å². The van der Waals surface area contributed by atoms with E-state index in [1.165, 1.54) is 17.9 Å². The average Bonchev–Trinajstić information content (AvgIpc) is 2.66. The van der Waals surface area contributed by atoms with Gasteiger partial charge in [0.15, 0.2) is 0 Å². The molecule has 1 fully saturated rings. The van der Waals surface area contributed by atoms with Crippen molar-refractivity contribution in [1.82, 2.24) is 4.90 Å². The molecule has 6 nitrogen and oxygen atoms in total. The summed E-state index contributed by atoms with van der Waals surface area (Å²) < 4.78 is 4.89. The summed E-state index contributed by atoms with van der Waals surface area (Å²) in [6.45, 7) is 4.09. The minimum Gasteiger partial charge on any atom is -0.450 e. The van der Waals surface area contributed by atoms with Gasteiger partial charge in [-0.15, -0.1) is 0 Å². The zero-order chi connectivity index (χ0) is 12.1. The van der Waals surface area contributed by atoms with E-state index >= 15 is 0 Å². The Morgan fingerprint density at radius 1 is 1.69 bits per heavy atom. The molecule has 0 aliphatic carbocycles. The van der Waals surface area contributed by atoms with Crippen LogP contribution in [0.15, 0.2) is 11.8 Å². The van der Waals surface area contributed by atoms with Crippen molar-refractivity contribution in [3.05, 3.63) is 21.9 Å². The van der Waals surface area contributed by atoms with Gasteiger partial charge < -0.3 is 9.64 Å². The van der Waals surface area contributed by atoms with Crippen molar-refractivity contribution in [2.24, 2.45) is 0 Å². The first kappa shape index (κ1) is 12.5. The third kappa shape index (κ3) is 2.95. The van der Waals surface area contributed by atoms with Crippen molar-refractivity contribution in [2.75, 3.05) is 13.2 Å². The molecule has 1 rings (SSSR count). The molecular formula is C10H16N2O4. The van der Waals surface area contributed by atoms with Crippen LogP contribution >= 0.6 is 0 Å². The van der Waals surface area contributed by atoms with E-state index in [1.54, 1.807) is 6.92 Å². The number of likely N-dealkylation sites (tertiary alicyclic amines) is 1. The molecule has 0 unspecified atom stereocenters. The largest absolute Gasteiger partial charge is 0.450 e. The van der Waals surface area contributed by atoms with E-state index in [0.29, 0.717) is 13.2 Å². The molecule has 1 saturated heterocycles. The number of allylic oxidation sites excluding steroid dienone is 1. The summed E-state index contributed by atoms with van der Waals surface area (Å²) in [7, 11) is 0.